The third kappa shape index (κ3) is 5.49. The van der Waals surface area contributed by atoms with E-state index >= 15 is 0 Å². The Morgan fingerprint density at radius 3 is 2.42 bits per heavy atom. The number of carboxylic acid groups (broad SMARTS) is 1. The van der Waals surface area contributed by atoms with Gasteiger partial charge in [0.05, 0.1) is 7.11 Å². The number of nitrogens with zero attached hydrogens (tertiary/aromatic N) is 1. The first-order valence-corrected chi connectivity index (χ1v) is 8.65. The van der Waals surface area contributed by atoms with Crippen LogP contribution in [0.1, 0.15) is 30.4 Å². The van der Waals surface area contributed by atoms with Crippen LogP contribution in [0.3, 0.4) is 0 Å². The lowest BCUT2D eigenvalue weighted by Gasteiger charge is -2.23. The molecule has 5 nitrogen and oxygen atoms in total. The van der Waals surface area contributed by atoms with Crippen molar-refractivity contribution in [2.24, 2.45) is 0 Å². The first-order valence-electron chi connectivity index (χ1n) is 8.27. The van der Waals surface area contributed by atoms with Gasteiger partial charge in [-0.3, -0.25) is 9.59 Å². The molecule has 26 heavy (non-hydrogen) atoms. The van der Waals surface area contributed by atoms with Gasteiger partial charge < -0.3 is 14.7 Å². The van der Waals surface area contributed by atoms with E-state index in [0.29, 0.717) is 5.02 Å². The third-order valence-electron chi connectivity index (χ3n) is 4.12. The summed E-state index contributed by atoms with van der Waals surface area (Å²) in [5.74, 6) is -0.645. The number of para-hydroxylation sites is 1. The minimum atomic E-state index is -1.04. The Hall–Kier alpha value is -2.53. The molecule has 1 amide bonds. The van der Waals surface area contributed by atoms with Gasteiger partial charge in [-0.2, -0.15) is 0 Å². The lowest BCUT2D eigenvalue weighted by Crippen LogP contribution is -2.35. The van der Waals surface area contributed by atoms with Gasteiger partial charge in [0.1, 0.15) is 12.3 Å². The minimum absolute atomic E-state index is 0.0971. The Morgan fingerprint density at radius 1 is 1.15 bits per heavy atom. The smallest absolute Gasteiger partial charge is 0.323 e. The standard InChI is InChI=1S/C20H22ClNO4/c1-14(17-5-3-4-6-18(17)26-2)11-19(23)22(13-20(24)25)12-15-7-9-16(21)10-8-15/h3-10,14H,11-13H2,1-2H3,(H,24,25). The summed E-state index contributed by atoms with van der Waals surface area (Å²) in [5, 5.41) is 9.75. The summed E-state index contributed by atoms with van der Waals surface area (Å²) in [4.78, 5) is 25.3. The first kappa shape index (κ1) is 19.8. The van der Waals surface area contributed by atoms with Crippen molar-refractivity contribution < 1.29 is 19.4 Å². The van der Waals surface area contributed by atoms with Gasteiger partial charge in [-0.25, -0.2) is 0 Å². The molecule has 2 aromatic rings. The van der Waals surface area contributed by atoms with Crippen molar-refractivity contribution >= 4 is 23.5 Å². The molecular weight excluding hydrogens is 354 g/mol. The highest BCUT2D eigenvalue weighted by Gasteiger charge is 2.21. The Balaban J connectivity index is 2.12. The quantitative estimate of drug-likeness (QED) is 0.758. The van der Waals surface area contributed by atoms with Crippen LogP contribution in [0.2, 0.25) is 5.02 Å². The van der Waals surface area contributed by atoms with Crippen molar-refractivity contribution in [3.63, 3.8) is 0 Å². The zero-order chi connectivity index (χ0) is 19.1. The molecule has 0 saturated heterocycles. The van der Waals surface area contributed by atoms with Crippen LogP contribution < -0.4 is 4.74 Å². The topological polar surface area (TPSA) is 66.8 Å². The molecule has 0 aromatic heterocycles. The van der Waals surface area contributed by atoms with E-state index in [0.717, 1.165) is 16.9 Å². The molecule has 1 unspecified atom stereocenters. The number of carbonyl (C=O) groups is 2. The van der Waals surface area contributed by atoms with Gasteiger partial charge in [0.15, 0.2) is 0 Å². The largest absolute Gasteiger partial charge is 0.496 e. The van der Waals surface area contributed by atoms with Crippen LogP contribution in [-0.4, -0.2) is 35.5 Å². The van der Waals surface area contributed by atoms with Crippen LogP contribution in [0.25, 0.3) is 0 Å². The van der Waals surface area contributed by atoms with E-state index in [2.05, 4.69) is 0 Å². The van der Waals surface area contributed by atoms with E-state index in [-0.39, 0.29) is 31.3 Å². The van der Waals surface area contributed by atoms with Gasteiger partial charge in [-0.05, 0) is 35.2 Å². The molecule has 0 aliphatic heterocycles. The summed E-state index contributed by atoms with van der Waals surface area (Å²) in [6, 6.07) is 14.5. The molecule has 0 fully saturated rings. The lowest BCUT2D eigenvalue weighted by molar-refractivity contribution is -0.145. The molecule has 2 aromatic carbocycles. The fourth-order valence-corrected chi connectivity index (χ4v) is 2.91. The van der Waals surface area contributed by atoms with Crippen LogP contribution in [0.15, 0.2) is 48.5 Å². The number of halogens is 1. The van der Waals surface area contributed by atoms with E-state index in [9.17, 15) is 9.59 Å². The Morgan fingerprint density at radius 2 is 1.81 bits per heavy atom. The second kappa shape index (κ2) is 9.25. The van der Waals surface area contributed by atoms with Gasteiger partial charge in [0.25, 0.3) is 0 Å². The molecule has 0 bridgehead atoms. The van der Waals surface area contributed by atoms with E-state index in [1.165, 1.54) is 4.90 Å². The number of hydrogen-bond donors (Lipinski definition) is 1. The number of carbonyl (C=O) groups excluding carboxylic acids is 1. The Bertz CT molecular complexity index is 761. The van der Waals surface area contributed by atoms with Gasteiger partial charge in [0, 0.05) is 18.0 Å². The molecule has 1 atom stereocenters. The molecule has 0 aliphatic carbocycles. The summed E-state index contributed by atoms with van der Waals surface area (Å²) in [7, 11) is 1.59. The predicted molar refractivity (Wildman–Crippen MR) is 101 cm³/mol. The molecular formula is C20H22ClNO4. The SMILES string of the molecule is COc1ccccc1C(C)CC(=O)N(CC(=O)O)Cc1ccc(Cl)cc1. The number of ether oxygens (including phenoxy) is 1. The summed E-state index contributed by atoms with van der Waals surface area (Å²) in [6.07, 6.45) is 0.196. The lowest BCUT2D eigenvalue weighted by atomic mass is 9.96. The summed E-state index contributed by atoms with van der Waals surface area (Å²) in [5.41, 5.74) is 1.75. The normalized spacial score (nSPS) is 11.7. The predicted octanol–water partition coefficient (Wildman–Crippen LogP) is 3.96. The highest BCUT2D eigenvalue weighted by atomic mass is 35.5. The second-order valence-corrected chi connectivity index (χ2v) is 6.55. The van der Waals surface area contributed by atoms with E-state index < -0.39 is 5.97 Å². The summed E-state index contributed by atoms with van der Waals surface area (Å²) >= 11 is 5.87. The average molecular weight is 376 g/mol. The number of aliphatic carboxylic acids is 1. The number of amides is 1. The third-order valence-corrected chi connectivity index (χ3v) is 4.37. The maximum atomic E-state index is 12.7. The number of benzene rings is 2. The summed E-state index contributed by atoms with van der Waals surface area (Å²) in [6.45, 7) is 1.80. The van der Waals surface area contributed by atoms with Crippen LogP contribution in [0, 0.1) is 0 Å². The highest BCUT2D eigenvalue weighted by Crippen LogP contribution is 2.29. The Labute approximate surface area is 158 Å². The molecule has 0 radical (unpaired) electrons. The van der Waals surface area contributed by atoms with E-state index in [4.69, 9.17) is 21.4 Å². The molecule has 138 valence electrons. The second-order valence-electron chi connectivity index (χ2n) is 6.12. The van der Waals surface area contributed by atoms with Gasteiger partial charge in [-0.1, -0.05) is 48.9 Å². The first-order chi connectivity index (χ1) is 12.4. The highest BCUT2D eigenvalue weighted by molar-refractivity contribution is 6.30. The zero-order valence-electron chi connectivity index (χ0n) is 14.8. The number of methoxy groups -OCH3 is 1. The maximum Gasteiger partial charge on any atom is 0.323 e. The van der Waals surface area contributed by atoms with Crippen LogP contribution >= 0.6 is 11.6 Å². The molecule has 1 N–H and O–H groups in total. The molecule has 0 spiro atoms. The zero-order valence-corrected chi connectivity index (χ0v) is 15.6. The average Bonchev–Trinajstić information content (AvgIpc) is 2.62. The van der Waals surface area contributed by atoms with Crippen molar-refractivity contribution in [1.29, 1.82) is 0 Å². The molecule has 0 saturated carbocycles. The number of hydrogen-bond acceptors (Lipinski definition) is 3. The van der Waals surface area contributed by atoms with Crippen molar-refractivity contribution in [3.8, 4) is 5.75 Å². The fourth-order valence-electron chi connectivity index (χ4n) is 2.78. The van der Waals surface area contributed by atoms with E-state index in [1.54, 1.807) is 31.4 Å². The number of carboxylic acids is 1. The van der Waals surface area contributed by atoms with Crippen molar-refractivity contribution in [1.82, 2.24) is 4.90 Å². The van der Waals surface area contributed by atoms with Gasteiger partial charge >= 0.3 is 5.97 Å². The molecule has 0 aliphatic rings. The summed E-state index contributed by atoms with van der Waals surface area (Å²) < 4.78 is 5.35. The van der Waals surface area contributed by atoms with E-state index in [1.807, 2.05) is 31.2 Å². The van der Waals surface area contributed by atoms with Crippen molar-refractivity contribution in [2.45, 2.75) is 25.8 Å². The monoisotopic (exact) mass is 375 g/mol. The minimum Gasteiger partial charge on any atom is -0.496 e. The fraction of sp³-hybridized carbons (Fsp3) is 0.300. The van der Waals surface area contributed by atoms with Crippen LogP contribution in [-0.2, 0) is 16.1 Å². The van der Waals surface area contributed by atoms with Gasteiger partial charge in [-0.15, -0.1) is 0 Å². The van der Waals surface area contributed by atoms with Gasteiger partial charge in [0.2, 0.25) is 5.91 Å². The van der Waals surface area contributed by atoms with Crippen molar-refractivity contribution in [3.05, 3.63) is 64.7 Å². The molecule has 2 rings (SSSR count). The number of rotatable bonds is 8. The van der Waals surface area contributed by atoms with Crippen LogP contribution in [0.4, 0.5) is 0 Å². The molecule has 6 heteroatoms. The maximum absolute atomic E-state index is 12.7. The molecule has 0 heterocycles. The van der Waals surface area contributed by atoms with Crippen molar-refractivity contribution in [2.75, 3.05) is 13.7 Å². The van der Waals surface area contributed by atoms with Crippen LogP contribution in [0.5, 0.6) is 5.75 Å². The Kier molecular flexibility index (Phi) is 7.04.